The highest BCUT2D eigenvalue weighted by molar-refractivity contribution is 6.06. The van der Waals surface area contributed by atoms with Crippen molar-refractivity contribution in [1.29, 1.82) is 0 Å². The largest absolute Gasteiger partial charge is 0.481 e. The zero-order chi connectivity index (χ0) is 16.3. The van der Waals surface area contributed by atoms with Gasteiger partial charge in [-0.3, -0.25) is 9.59 Å². The van der Waals surface area contributed by atoms with Crippen LogP contribution in [0.2, 0.25) is 0 Å². The van der Waals surface area contributed by atoms with Gasteiger partial charge in [-0.05, 0) is 44.4 Å². The number of amides is 1. The summed E-state index contributed by atoms with van der Waals surface area (Å²) in [4.78, 5) is 23.3. The van der Waals surface area contributed by atoms with E-state index >= 15 is 0 Å². The number of carbonyl (C=O) groups is 2. The number of hydrogen-bond acceptors (Lipinski definition) is 3. The van der Waals surface area contributed by atoms with Crippen molar-refractivity contribution < 1.29 is 19.1 Å². The number of nitrogens with one attached hydrogen (secondary N) is 1. The number of aryl methyl sites for hydroxylation is 1. The van der Waals surface area contributed by atoms with Crippen LogP contribution >= 0.6 is 0 Å². The number of carboxylic acid groups (broad SMARTS) is 1. The molecule has 1 aromatic heterocycles. The molecule has 1 aromatic carbocycles. The number of rotatable bonds is 6. The number of furan rings is 1. The molecule has 5 heteroatoms. The maximum absolute atomic E-state index is 12.3. The number of hydrogen-bond donors (Lipinski definition) is 2. The zero-order valence-electron chi connectivity index (χ0n) is 13.1. The molecule has 0 unspecified atom stereocenters. The van der Waals surface area contributed by atoms with Crippen LogP contribution in [-0.2, 0) is 11.2 Å². The molecule has 0 saturated carbocycles. The van der Waals surface area contributed by atoms with Crippen LogP contribution in [0.4, 0.5) is 0 Å². The molecule has 0 fully saturated rings. The van der Waals surface area contributed by atoms with E-state index in [4.69, 9.17) is 9.52 Å². The van der Waals surface area contributed by atoms with Gasteiger partial charge in [-0.1, -0.05) is 13.0 Å². The summed E-state index contributed by atoms with van der Waals surface area (Å²) in [7, 11) is 0. The van der Waals surface area contributed by atoms with E-state index in [2.05, 4.69) is 12.2 Å². The Morgan fingerprint density at radius 1 is 1.32 bits per heavy atom. The molecule has 0 aliphatic rings. The Balaban J connectivity index is 2.09. The summed E-state index contributed by atoms with van der Waals surface area (Å²) < 4.78 is 5.40. The second-order valence-corrected chi connectivity index (χ2v) is 6.03. The first-order valence-corrected chi connectivity index (χ1v) is 7.37. The van der Waals surface area contributed by atoms with Crippen molar-refractivity contribution in [2.45, 2.75) is 33.6 Å². The first-order valence-electron chi connectivity index (χ1n) is 7.37. The van der Waals surface area contributed by atoms with Gasteiger partial charge >= 0.3 is 5.97 Å². The molecule has 118 valence electrons. The highest BCUT2D eigenvalue weighted by Crippen LogP contribution is 2.23. The molecule has 0 saturated heterocycles. The highest BCUT2D eigenvalue weighted by atomic mass is 16.4. The Bertz CT molecular complexity index is 700. The van der Waals surface area contributed by atoms with Crippen molar-refractivity contribution in [2.24, 2.45) is 5.41 Å². The second-order valence-electron chi connectivity index (χ2n) is 6.03. The maximum Gasteiger partial charge on any atom is 0.309 e. The summed E-state index contributed by atoms with van der Waals surface area (Å²) in [6.45, 7) is 5.64. The molecule has 0 aliphatic carbocycles. The average Bonchev–Trinajstić information content (AvgIpc) is 2.89. The molecule has 2 aromatic rings. The maximum atomic E-state index is 12.3. The van der Waals surface area contributed by atoms with Gasteiger partial charge in [-0.15, -0.1) is 0 Å². The quantitative estimate of drug-likeness (QED) is 0.858. The molecule has 22 heavy (non-hydrogen) atoms. The fourth-order valence-electron chi connectivity index (χ4n) is 2.16. The van der Waals surface area contributed by atoms with Crippen LogP contribution in [0.1, 0.15) is 43.1 Å². The van der Waals surface area contributed by atoms with Gasteiger partial charge in [-0.2, -0.15) is 0 Å². The van der Waals surface area contributed by atoms with Gasteiger partial charge in [0.1, 0.15) is 11.8 Å². The van der Waals surface area contributed by atoms with Crippen LogP contribution in [0, 0.1) is 5.41 Å². The van der Waals surface area contributed by atoms with Crippen molar-refractivity contribution in [1.82, 2.24) is 5.32 Å². The summed E-state index contributed by atoms with van der Waals surface area (Å²) in [5, 5.41) is 12.6. The molecule has 0 atom stereocenters. The number of carbonyl (C=O) groups excluding carboxylic acids is 1. The minimum Gasteiger partial charge on any atom is -0.481 e. The van der Waals surface area contributed by atoms with Crippen LogP contribution in [0.5, 0.6) is 0 Å². The van der Waals surface area contributed by atoms with E-state index in [1.807, 2.05) is 18.2 Å². The van der Waals surface area contributed by atoms with E-state index in [0.717, 1.165) is 17.4 Å². The average molecular weight is 303 g/mol. The third kappa shape index (κ3) is 3.30. The lowest BCUT2D eigenvalue weighted by molar-refractivity contribution is -0.147. The second kappa shape index (κ2) is 6.22. The predicted octanol–water partition coefficient (Wildman–Crippen LogP) is 3.23. The summed E-state index contributed by atoms with van der Waals surface area (Å²) >= 11 is 0. The van der Waals surface area contributed by atoms with Crippen molar-refractivity contribution in [3.8, 4) is 0 Å². The topological polar surface area (TPSA) is 79.5 Å². The Kier molecular flexibility index (Phi) is 4.54. The molecule has 2 rings (SSSR count). The van der Waals surface area contributed by atoms with E-state index < -0.39 is 11.4 Å². The van der Waals surface area contributed by atoms with Crippen molar-refractivity contribution >= 4 is 22.8 Å². The van der Waals surface area contributed by atoms with Gasteiger partial charge in [0.2, 0.25) is 0 Å². The summed E-state index contributed by atoms with van der Waals surface area (Å²) in [5.41, 5.74) is 1.43. The molecule has 5 nitrogen and oxygen atoms in total. The van der Waals surface area contributed by atoms with Gasteiger partial charge in [-0.25, -0.2) is 0 Å². The number of aliphatic carboxylic acids is 1. The van der Waals surface area contributed by atoms with Gasteiger partial charge in [0.05, 0.1) is 11.0 Å². The normalized spacial score (nSPS) is 11.6. The fraction of sp³-hybridized carbons (Fsp3) is 0.412. The SMILES string of the molecule is CCc1ccc2occ(C(=O)NCCC(C)(C)C(=O)O)c2c1. The van der Waals surface area contributed by atoms with E-state index in [9.17, 15) is 9.59 Å². The van der Waals surface area contributed by atoms with Crippen LogP contribution < -0.4 is 5.32 Å². The number of fused-ring (bicyclic) bond motifs is 1. The number of benzene rings is 1. The fourth-order valence-corrected chi connectivity index (χ4v) is 2.16. The van der Waals surface area contributed by atoms with Crippen LogP contribution in [-0.4, -0.2) is 23.5 Å². The Morgan fingerprint density at radius 3 is 2.68 bits per heavy atom. The Hall–Kier alpha value is -2.30. The third-order valence-electron chi connectivity index (χ3n) is 3.91. The monoisotopic (exact) mass is 303 g/mol. The predicted molar refractivity (Wildman–Crippen MR) is 84.0 cm³/mol. The van der Waals surface area contributed by atoms with Gasteiger partial charge in [0.25, 0.3) is 5.91 Å². The Morgan fingerprint density at radius 2 is 2.05 bits per heavy atom. The lowest BCUT2D eigenvalue weighted by Crippen LogP contribution is -2.31. The Labute approximate surface area is 129 Å². The molecule has 2 N–H and O–H groups in total. The zero-order valence-corrected chi connectivity index (χ0v) is 13.1. The van der Waals surface area contributed by atoms with Crippen LogP contribution in [0.3, 0.4) is 0 Å². The molecule has 1 amide bonds. The molecule has 0 bridgehead atoms. The first kappa shape index (κ1) is 16.1. The minimum absolute atomic E-state index is 0.242. The lowest BCUT2D eigenvalue weighted by Gasteiger charge is -2.18. The molecular formula is C17H21NO4. The molecule has 0 spiro atoms. The van der Waals surface area contributed by atoms with Crippen molar-refractivity contribution in [2.75, 3.05) is 6.54 Å². The standard InChI is InChI=1S/C17H21NO4/c1-4-11-5-6-14-12(9-11)13(10-22-14)15(19)18-8-7-17(2,3)16(20)21/h5-6,9-10H,4,7-8H2,1-3H3,(H,18,19)(H,20,21). The smallest absolute Gasteiger partial charge is 0.309 e. The van der Waals surface area contributed by atoms with E-state index in [-0.39, 0.29) is 5.91 Å². The van der Waals surface area contributed by atoms with Gasteiger partial charge in [0.15, 0.2) is 0 Å². The van der Waals surface area contributed by atoms with Crippen molar-refractivity contribution in [3.63, 3.8) is 0 Å². The summed E-state index contributed by atoms with van der Waals surface area (Å²) in [6, 6.07) is 5.79. The van der Waals surface area contributed by atoms with E-state index in [1.54, 1.807) is 13.8 Å². The summed E-state index contributed by atoms with van der Waals surface area (Å²) in [6.07, 6.45) is 2.70. The van der Waals surface area contributed by atoms with E-state index in [1.165, 1.54) is 6.26 Å². The van der Waals surface area contributed by atoms with E-state index in [0.29, 0.717) is 24.1 Å². The first-order chi connectivity index (χ1) is 10.3. The van der Waals surface area contributed by atoms with Crippen molar-refractivity contribution in [3.05, 3.63) is 35.6 Å². The third-order valence-corrected chi connectivity index (χ3v) is 3.91. The van der Waals surface area contributed by atoms with Crippen LogP contribution in [0.15, 0.2) is 28.9 Å². The van der Waals surface area contributed by atoms with Gasteiger partial charge < -0.3 is 14.8 Å². The minimum atomic E-state index is -0.872. The van der Waals surface area contributed by atoms with Crippen LogP contribution in [0.25, 0.3) is 11.0 Å². The van der Waals surface area contributed by atoms with Gasteiger partial charge in [0, 0.05) is 11.9 Å². The summed E-state index contributed by atoms with van der Waals surface area (Å²) in [5.74, 6) is -1.11. The molecular weight excluding hydrogens is 282 g/mol. The highest BCUT2D eigenvalue weighted by Gasteiger charge is 2.26. The lowest BCUT2D eigenvalue weighted by atomic mass is 9.90. The molecule has 0 aliphatic heterocycles. The molecule has 1 heterocycles. The number of carboxylic acids is 1. The molecule has 0 radical (unpaired) electrons.